The highest BCUT2D eigenvalue weighted by atomic mass is 16.6. The average molecular weight is 522 g/mol. The molecule has 1 aliphatic rings. The van der Waals surface area contributed by atoms with Crippen LogP contribution < -0.4 is 10.4 Å². The number of fused-ring (bicyclic) bond motifs is 1. The van der Waals surface area contributed by atoms with Crippen LogP contribution in [-0.2, 0) is 0 Å². The summed E-state index contributed by atoms with van der Waals surface area (Å²) in [6, 6.07) is 11.7. The van der Waals surface area contributed by atoms with E-state index in [4.69, 9.17) is 4.42 Å². The summed E-state index contributed by atoms with van der Waals surface area (Å²) in [6.45, 7) is 0. The first kappa shape index (κ1) is 25.9. The van der Waals surface area contributed by atoms with E-state index in [9.17, 15) is 35.4 Å². The van der Waals surface area contributed by atoms with Crippen LogP contribution in [0, 0.1) is 30.3 Å². The van der Waals surface area contributed by atoms with Gasteiger partial charge in [-0.1, -0.05) is 30.4 Å². The first-order chi connectivity index (χ1) is 18.2. The monoisotopic (exact) mass is 522 g/mol. The Morgan fingerprint density at radius 1 is 0.868 bits per heavy atom. The van der Waals surface area contributed by atoms with Crippen LogP contribution in [0.4, 0.5) is 23.1 Å². The van der Waals surface area contributed by atoms with Crippen LogP contribution in [0.2, 0.25) is 0 Å². The number of nitro groups is 3. The van der Waals surface area contributed by atoms with E-state index in [1.807, 2.05) is 30.3 Å². The molecule has 0 saturated heterocycles. The van der Waals surface area contributed by atoms with Crippen molar-refractivity contribution in [2.45, 2.75) is 38.1 Å². The standard InChI is InChI=1S/C17H18N4O.C6H3N3O7/c1-2-6-14(7-3-1)19-17-21-20-16(22-17)13-8-9-15-12(11-13)5-4-10-18-15;10-6-4(8(13)14)1-3(7(11)12)2-5(6)9(15)16/h4-5,8-11,14H,1-3,6-7H2,(H,19,21);1-2,10H/p-1. The molecule has 4 aromatic rings. The lowest BCUT2D eigenvalue weighted by atomic mass is 9.96. The highest BCUT2D eigenvalue weighted by Crippen LogP contribution is 2.37. The van der Waals surface area contributed by atoms with Crippen LogP contribution in [0.15, 0.2) is 53.1 Å². The predicted molar refractivity (Wildman–Crippen MR) is 131 cm³/mol. The molecule has 1 N–H and O–H groups in total. The van der Waals surface area contributed by atoms with Gasteiger partial charge in [-0.15, -0.1) is 5.10 Å². The molecule has 196 valence electrons. The number of nitrogens with zero attached hydrogens (tertiary/aromatic N) is 6. The topological polar surface area (TPSA) is 216 Å². The van der Waals surface area contributed by atoms with Gasteiger partial charge in [-0.2, -0.15) is 0 Å². The van der Waals surface area contributed by atoms with Gasteiger partial charge < -0.3 is 14.8 Å². The lowest BCUT2D eigenvalue weighted by Gasteiger charge is -2.21. The first-order valence-electron chi connectivity index (χ1n) is 11.5. The Morgan fingerprint density at radius 2 is 1.55 bits per heavy atom. The highest BCUT2D eigenvalue weighted by molar-refractivity contribution is 5.82. The van der Waals surface area contributed by atoms with Gasteiger partial charge >= 0.3 is 6.01 Å². The zero-order valence-corrected chi connectivity index (χ0v) is 19.7. The minimum atomic E-state index is -1.46. The third-order valence-electron chi connectivity index (χ3n) is 5.85. The van der Waals surface area contributed by atoms with Crippen LogP contribution in [-0.4, -0.2) is 36.0 Å². The number of nitrogens with one attached hydrogen (secondary N) is 1. The third kappa shape index (κ3) is 5.95. The Bertz CT molecular complexity index is 1470. The fourth-order valence-corrected chi connectivity index (χ4v) is 3.99. The third-order valence-corrected chi connectivity index (χ3v) is 5.85. The summed E-state index contributed by atoms with van der Waals surface area (Å²) in [4.78, 5) is 31.8. The van der Waals surface area contributed by atoms with Crippen LogP contribution in [0.25, 0.3) is 22.4 Å². The molecule has 2 aromatic heterocycles. The van der Waals surface area contributed by atoms with Gasteiger partial charge in [0.1, 0.15) is 0 Å². The zero-order valence-electron chi connectivity index (χ0n) is 19.7. The van der Waals surface area contributed by atoms with Gasteiger partial charge in [-0.05, 0) is 37.1 Å². The Hall–Kier alpha value is -5.21. The maximum atomic E-state index is 11.1. The van der Waals surface area contributed by atoms with E-state index in [0.717, 1.165) is 16.5 Å². The number of aromatic nitrogens is 3. The number of rotatable bonds is 6. The molecule has 15 nitrogen and oxygen atoms in total. The maximum Gasteiger partial charge on any atom is 0.315 e. The Morgan fingerprint density at radius 3 is 2.18 bits per heavy atom. The normalized spacial score (nSPS) is 13.4. The van der Waals surface area contributed by atoms with Crippen molar-refractivity contribution < 1.29 is 24.3 Å². The van der Waals surface area contributed by atoms with Gasteiger partial charge in [0.05, 0.1) is 38.2 Å². The van der Waals surface area contributed by atoms with Crippen molar-refractivity contribution in [1.82, 2.24) is 15.2 Å². The summed E-state index contributed by atoms with van der Waals surface area (Å²) in [6.07, 6.45) is 8.03. The number of hydrogen-bond donors (Lipinski definition) is 1. The number of anilines is 1. The molecule has 1 saturated carbocycles. The predicted octanol–water partition coefficient (Wildman–Crippen LogP) is 4.51. The van der Waals surface area contributed by atoms with Crippen molar-refractivity contribution in [2.24, 2.45) is 0 Å². The summed E-state index contributed by atoms with van der Waals surface area (Å²) < 4.78 is 5.77. The lowest BCUT2D eigenvalue weighted by molar-refractivity contribution is -0.420. The second-order valence-electron chi connectivity index (χ2n) is 8.39. The van der Waals surface area contributed by atoms with Gasteiger partial charge in [0.25, 0.3) is 17.1 Å². The molecular weight excluding hydrogens is 502 g/mol. The molecule has 0 amide bonds. The minimum Gasteiger partial charge on any atom is -0.863 e. The highest BCUT2D eigenvalue weighted by Gasteiger charge is 2.24. The minimum absolute atomic E-state index is 0.384. The van der Waals surface area contributed by atoms with Crippen LogP contribution >= 0.6 is 0 Å². The van der Waals surface area contributed by atoms with Crippen molar-refractivity contribution in [3.05, 3.63) is 79.0 Å². The van der Waals surface area contributed by atoms with Crippen LogP contribution in [0.1, 0.15) is 32.1 Å². The molecule has 2 aromatic carbocycles. The molecule has 0 unspecified atom stereocenters. The molecule has 0 spiro atoms. The van der Waals surface area contributed by atoms with E-state index in [0.29, 0.717) is 30.1 Å². The summed E-state index contributed by atoms with van der Waals surface area (Å²) in [5.41, 5.74) is -1.38. The molecule has 1 fully saturated rings. The molecule has 15 heteroatoms. The van der Waals surface area contributed by atoms with E-state index in [2.05, 4.69) is 20.5 Å². The molecule has 0 aliphatic heterocycles. The van der Waals surface area contributed by atoms with E-state index in [1.165, 1.54) is 32.1 Å². The molecule has 38 heavy (non-hydrogen) atoms. The Balaban J connectivity index is 0.000000188. The molecule has 0 atom stereocenters. The average Bonchev–Trinajstić information content (AvgIpc) is 3.37. The summed E-state index contributed by atoms with van der Waals surface area (Å²) in [5, 5.41) is 54.8. The fourth-order valence-electron chi connectivity index (χ4n) is 3.99. The van der Waals surface area contributed by atoms with E-state index < -0.39 is 37.6 Å². The van der Waals surface area contributed by atoms with Crippen molar-refractivity contribution in [2.75, 3.05) is 5.32 Å². The number of hydrogen-bond acceptors (Lipinski definition) is 12. The molecular formula is C23H20N7O8-. The number of nitro benzene ring substituents is 3. The summed E-state index contributed by atoms with van der Waals surface area (Å²) in [7, 11) is 0. The fraction of sp³-hybridized carbons (Fsp3) is 0.261. The van der Waals surface area contributed by atoms with Crippen LogP contribution in [0.3, 0.4) is 0 Å². The zero-order chi connectivity index (χ0) is 27.2. The van der Waals surface area contributed by atoms with Gasteiger partial charge in [-0.25, -0.2) is 0 Å². The maximum absolute atomic E-state index is 11.1. The van der Waals surface area contributed by atoms with Gasteiger partial charge in [0.15, 0.2) is 0 Å². The summed E-state index contributed by atoms with van der Waals surface area (Å²) >= 11 is 0. The Kier molecular flexibility index (Phi) is 7.65. The second-order valence-corrected chi connectivity index (χ2v) is 8.39. The molecule has 2 heterocycles. The van der Waals surface area contributed by atoms with Gasteiger partial charge in [0, 0.05) is 23.2 Å². The first-order valence-corrected chi connectivity index (χ1v) is 11.5. The Labute approximate surface area is 213 Å². The second kappa shape index (κ2) is 11.2. The SMILES string of the molecule is O=[N+]([O-])c1cc([N+](=O)[O-])c([O-])c([N+](=O)[O-])c1.c1cnc2ccc(-c3nnc(NC4CCCCC4)o3)cc2c1. The molecule has 1 aliphatic carbocycles. The molecule has 5 rings (SSSR count). The van der Waals surface area contributed by atoms with Crippen molar-refractivity contribution in [3.8, 4) is 17.2 Å². The number of non-ortho nitro benzene ring substituents is 1. The van der Waals surface area contributed by atoms with Gasteiger partial charge in [0.2, 0.25) is 5.89 Å². The molecule has 0 radical (unpaired) electrons. The number of pyridine rings is 1. The quantitative estimate of drug-likeness (QED) is 0.273. The summed E-state index contributed by atoms with van der Waals surface area (Å²) in [5.74, 6) is -0.912. The lowest BCUT2D eigenvalue weighted by Crippen LogP contribution is -2.22. The van der Waals surface area contributed by atoms with Gasteiger partial charge in [-0.3, -0.25) is 35.3 Å². The van der Waals surface area contributed by atoms with Crippen LogP contribution in [0.5, 0.6) is 5.75 Å². The largest absolute Gasteiger partial charge is 0.863 e. The van der Waals surface area contributed by atoms with E-state index >= 15 is 0 Å². The van der Waals surface area contributed by atoms with E-state index in [1.54, 1.807) is 6.20 Å². The smallest absolute Gasteiger partial charge is 0.315 e. The van der Waals surface area contributed by atoms with Crippen molar-refractivity contribution in [1.29, 1.82) is 0 Å². The van der Waals surface area contributed by atoms with Crippen molar-refractivity contribution >= 4 is 34.0 Å². The molecule has 0 bridgehead atoms. The van der Waals surface area contributed by atoms with Crippen molar-refractivity contribution in [3.63, 3.8) is 0 Å². The van der Waals surface area contributed by atoms with E-state index in [-0.39, 0.29) is 0 Å². The number of benzene rings is 2.